The molecule has 0 aliphatic carbocycles. The molecule has 0 atom stereocenters. The molecule has 0 aliphatic rings. The molecule has 0 saturated heterocycles. The zero-order valence-corrected chi connectivity index (χ0v) is 13.8. The van der Waals surface area contributed by atoms with Crippen LogP contribution in [0.15, 0.2) is 60.9 Å². The minimum Gasteiger partial charge on any atom is -0.375 e. The van der Waals surface area contributed by atoms with Crippen LogP contribution in [-0.4, -0.2) is 24.6 Å². The van der Waals surface area contributed by atoms with Crippen LogP contribution in [0.4, 0.5) is 20.2 Å². The van der Waals surface area contributed by atoms with E-state index in [0.29, 0.717) is 11.4 Å². The Kier molecular flexibility index (Phi) is 4.52. The van der Waals surface area contributed by atoms with E-state index in [1.54, 1.807) is 29.6 Å². The Hall–Kier alpha value is -3.15. The predicted octanol–water partition coefficient (Wildman–Crippen LogP) is 4.07. The molecular weight excluding hydrogens is 324 g/mol. The van der Waals surface area contributed by atoms with E-state index in [4.69, 9.17) is 0 Å². The molecule has 0 aliphatic heterocycles. The van der Waals surface area contributed by atoms with Gasteiger partial charge in [-0.2, -0.15) is 0 Å². The summed E-state index contributed by atoms with van der Waals surface area (Å²) in [5, 5.41) is 2.50. The van der Waals surface area contributed by atoms with E-state index in [2.05, 4.69) is 5.32 Å². The van der Waals surface area contributed by atoms with Crippen molar-refractivity contribution in [3.63, 3.8) is 0 Å². The van der Waals surface area contributed by atoms with Gasteiger partial charge in [-0.15, -0.1) is 0 Å². The number of anilines is 2. The van der Waals surface area contributed by atoms with Crippen LogP contribution in [0.1, 0.15) is 10.4 Å². The summed E-state index contributed by atoms with van der Waals surface area (Å²) in [7, 11) is 3.42. The first-order valence-corrected chi connectivity index (χ1v) is 7.67. The van der Waals surface area contributed by atoms with Gasteiger partial charge in [-0.1, -0.05) is 0 Å². The number of amides is 1. The summed E-state index contributed by atoms with van der Waals surface area (Å²) in [4.78, 5) is 13.9. The number of carbonyl (C=O) groups excluding carboxylic acids is 1. The molecule has 0 bridgehead atoms. The molecule has 128 valence electrons. The van der Waals surface area contributed by atoms with Crippen molar-refractivity contribution in [2.24, 2.45) is 0 Å². The fraction of sp³-hybridized carbons (Fsp3) is 0.105. The summed E-state index contributed by atoms with van der Waals surface area (Å²) < 4.78 is 29.9. The third-order valence-electron chi connectivity index (χ3n) is 3.79. The quantitative estimate of drug-likeness (QED) is 0.777. The Morgan fingerprint density at radius 1 is 1.00 bits per heavy atom. The van der Waals surface area contributed by atoms with E-state index >= 15 is 0 Å². The number of carbonyl (C=O) groups is 1. The van der Waals surface area contributed by atoms with Crippen molar-refractivity contribution in [3.05, 3.63) is 78.1 Å². The Balaban J connectivity index is 1.86. The van der Waals surface area contributed by atoms with Crippen LogP contribution < -0.4 is 10.2 Å². The minimum absolute atomic E-state index is 0.0355. The lowest BCUT2D eigenvalue weighted by atomic mass is 10.1. The average Bonchev–Trinajstić information content (AvgIpc) is 3.10. The second kappa shape index (κ2) is 6.76. The molecule has 4 nitrogen and oxygen atoms in total. The number of nitrogens with one attached hydrogen (secondary N) is 1. The van der Waals surface area contributed by atoms with Crippen molar-refractivity contribution in [3.8, 4) is 5.69 Å². The molecule has 1 heterocycles. The summed E-state index contributed by atoms with van der Waals surface area (Å²) in [5.41, 5.74) is 1.23. The molecule has 1 aromatic heterocycles. The third-order valence-corrected chi connectivity index (χ3v) is 3.79. The van der Waals surface area contributed by atoms with Gasteiger partial charge in [0.05, 0.1) is 11.4 Å². The maximum Gasteiger partial charge on any atom is 0.255 e. The van der Waals surface area contributed by atoms with Gasteiger partial charge in [-0.3, -0.25) is 4.79 Å². The minimum atomic E-state index is -0.576. The Bertz CT molecular complexity index is 905. The summed E-state index contributed by atoms with van der Waals surface area (Å²) in [6.07, 6.45) is 3.63. The molecule has 2 aromatic carbocycles. The zero-order chi connectivity index (χ0) is 18.0. The normalized spacial score (nSPS) is 10.6. The third kappa shape index (κ3) is 3.52. The van der Waals surface area contributed by atoms with Gasteiger partial charge in [-0.25, -0.2) is 8.78 Å². The molecule has 3 aromatic rings. The van der Waals surface area contributed by atoms with Crippen LogP contribution in [0.5, 0.6) is 0 Å². The number of hydrogen-bond donors (Lipinski definition) is 1. The van der Waals surface area contributed by atoms with E-state index in [0.717, 1.165) is 6.07 Å². The number of halogens is 2. The van der Waals surface area contributed by atoms with Crippen LogP contribution in [0, 0.1) is 11.6 Å². The number of benzene rings is 2. The van der Waals surface area contributed by atoms with Crippen molar-refractivity contribution in [2.75, 3.05) is 24.3 Å². The van der Waals surface area contributed by atoms with Gasteiger partial charge in [0.25, 0.3) is 5.91 Å². The lowest BCUT2D eigenvalue weighted by Gasteiger charge is -2.14. The smallest absolute Gasteiger partial charge is 0.255 e. The van der Waals surface area contributed by atoms with Crippen molar-refractivity contribution >= 4 is 17.3 Å². The first-order valence-electron chi connectivity index (χ1n) is 7.67. The largest absolute Gasteiger partial charge is 0.375 e. The fourth-order valence-electron chi connectivity index (χ4n) is 2.48. The van der Waals surface area contributed by atoms with Crippen LogP contribution in [0.3, 0.4) is 0 Å². The first-order chi connectivity index (χ1) is 12.0. The summed E-state index contributed by atoms with van der Waals surface area (Å²) in [5.74, 6) is -1.65. The molecule has 0 saturated carbocycles. The van der Waals surface area contributed by atoms with Gasteiger partial charge in [0, 0.05) is 37.7 Å². The van der Waals surface area contributed by atoms with E-state index in [9.17, 15) is 13.6 Å². The van der Waals surface area contributed by atoms with Gasteiger partial charge in [-0.05, 0) is 48.5 Å². The lowest BCUT2D eigenvalue weighted by Crippen LogP contribution is -2.15. The highest BCUT2D eigenvalue weighted by Gasteiger charge is 2.13. The van der Waals surface area contributed by atoms with E-state index in [-0.39, 0.29) is 11.3 Å². The molecule has 0 spiro atoms. The predicted molar refractivity (Wildman–Crippen MR) is 94.4 cm³/mol. The zero-order valence-electron chi connectivity index (χ0n) is 13.8. The van der Waals surface area contributed by atoms with Crippen molar-refractivity contribution in [2.45, 2.75) is 0 Å². The molecule has 3 rings (SSSR count). The van der Waals surface area contributed by atoms with Crippen molar-refractivity contribution < 1.29 is 13.6 Å². The van der Waals surface area contributed by atoms with E-state index in [1.165, 1.54) is 24.3 Å². The van der Waals surface area contributed by atoms with E-state index < -0.39 is 17.5 Å². The van der Waals surface area contributed by atoms with Gasteiger partial charge >= 0.3 is 0 Å². The fourth-order valence-corrected chi connectivity index (χ4v) is 2.48. The second-order valence-corrected chi connectivity index (χ2v) is 5.77. The van der Waals surface area contributed by atoms with E-state index in [1.807, 2.05) is 24.5 Å². The average molecular weight is 341 g/mol. The Labute approximate surface area is 144 Å². The maximum absolute atomic E-state index is 14.0. The van der Waals surface area contributed by atoms with Gasteiger partial charge in [0.2, 0.25) is 0 Å². The van der Waals surface area contributed by atoms with Gasteiger partial charge in [0.15, 0.2) is 0 Å². The Morgan fingerprint density at radius 3 is 2.36 bits per heavy atom. The number of hydrogen-bond acceptors (Lipinski definition) is 2. The number of nitrogens with zero attached hydrogens (tertiary/aromatic N) is 2. The van der Waals surface area contributed by atoms with Crippen LogP contribution in [-0.2, 0) is 0 Å². The highest BCUT2D eigenvalue weighted by Crippen LogP contribution is 2.22. The van der Waals surface area contributed by atoms with Crippen LogP contribution in [0.2, 0.25) is 0 Å². The van der Waals surface area contributed by atoms with Crippen molar-refractivity contribution in [1.29, 1.82) is 0 Å². The molecule has 0 unspecified atom stereocenters. The van der Waals surface area contributed by atoms with Crippen LogP contribution in [0.25, 0.3) is 5.69 Å². The summed E-state index contributed by atoms with van der Waals surface area (Å²) in [6, 6.07) is 12.2. The molecule has 25 heavy (non-hydrogen) atoms. The monoisotopic (exact) mass is 341 g/mol. The molecule has 6 heteroatoms. The summed E-state index contributed by atoms with van der Waals surface area (Å²) >= 11 is 0. The van der Waals surface area contributed by atoms with Gasteiger partial charge in [0.1, 0.15) is 11.6 Å². The molecule has 1 N–H and O–H groups in total. The second-order valence-electron chi connectivity index (χ2n) is 5.77. The number of aromatic nitrogens is 1. The topological polar surface area (TPSA) is 37.3 Å². The maximum atomic E-state index is 14.0. The highest BCUT2D eigenvalue weighted by molar-refractivity contribution is 6.04. The Morgan fingerprint density at radius 2 is 1.72 bits per heavy atom. The highest BCUT2D eigenvalue weighted by atomic mass is 19.1. The number of rotatable bonds is 4. The first kappa shape index (κ1) is 16.7. The molecular formula is C19H17F2N3O. The molecule has 0 radical (unpaired) electrons. The van der Waals surface area contributed by atoms with Crippen molar-refractivity contribution in [1.82, 2.24) is 4.57 Å². The molecule has 1 amide bonds. The molecule has 0 fully saturated rings. The van der Waals surface area contributed by atoms with Crippen LogP contribution >= 0.6 is 0 Å². The lowest BCUT2D eigenvalue weighted by molar-refractivity contribution is 0.102. The standard InChI is InChI=1S/C19H17F2N3O/c1-23(2)18-8-5-13(11-16(18)21)19(25)22-17-12-14(6-7-15(17)20)24-9-3-4-10-24/h3-12H,1-2H3,(H,22,25). The SMILES string of the molecule is CN(C)c1ccc(C(=O)Nc2cc(-n3cccc3)ccc2F)cc1F. The van der Waals surface area contributed by atoms with Gasteiger partial charge < -0.3 is 14.8 Å². The summed E-state index contributed by atoms with van der Waals surface area (Å²) in [6.45, 7) is 0.